The van der Waals surface area contributed by atoms with Crippen molar-refractivity contribution in [2.45, 2.75) is 38.4 Å². The Hall–Kier alpha value is -1.73. The standard InChI is InChI=1S/C15H16N2O4S/c1-2-8-5-7(6-22-8)13(18)16-17-14(19)11-9-3-4-10(21-9)12(11)15(17)20/h5-6,9-12H,2-4H2,1H3,(H,16,18)/t9-,10+,11+,12-. The number of hydrazine groups is 1. The highest BCUT2D eigenvalue weighted by Crippen LogP contribution is 2.48. The zero-order valence-electron chi connectivity index (χ0n) is 12.1. The summed E-state index contributed by atoms with van der Waals surface area (Å²) in [5.74, 6) is -1.91. The summed E-state index contributed by atoms with van der Waals surface area (Å²) in [7, 11) is 0. The van der Waals surface area contributed by atoms with Gasteiger partial charge in [-0.2, -0.15) is 5.01 Å². The summed E-state index contributed by atoms with van der Waals surface area (Å²) in [4.78, 5) is 38.2. The van der Waals surface area contributed by atoms with Gasteiger partial charge < -0.3 is 4.74 Å². The molecule has 7 heteroatoms. The van der Waals surface area contributed by atoms with Gasteiger partial charge in [0, 0.05) is 10.3 Å². The number of carbonyl (C=O) groups is 3. The third-order valence-electron chi connectivity index (χ3n) is 4.76. The maximum absolute atomic E-state index is 12.4. The van der Waals surface area contributed by atoms with Gasteiger partial charge in [0.25, 0.3) is 17.7 Å². The van der Waals surface area contributed by atoms with Gasteiger partial charge in [0.2, 0.25) is 0 Å². The van der Waals surface area contributed by atoms with Crippen molar-refractivity contribution >= 4 is 29.1 Å². The van der Waals surface area contributed by atoms with Crippen molar-refractivity contribution in [3.8, 4) is 0 Å². The van der Waals surface area contributed by atoms with E-state index in [9.17, 15) is 14.4 Å². The minimum Gasteiger partial charge on any atom is -0.373 e. The SMILES string of the molecule is CCc1cc(C(=O)NN2C(=O)[C@@H]3[C@H](C2=O)[C@@H]2CC[C@H]3O2)cs1. The number of rotatable bonds is 3. The molecule has 1 N–H and O–H groups in total. The number of amides is 3. The van der Waals surface area contributed by atoms with Crippen LogP contribution < -0.4 is 5.43 Å². The molecular formula is C15H16N2O4S. The summed E-state index contributed by atoms with van der Waals surface area (Å²) < 4.78 is 5.66. The van der Waals surface area contributed by atoms with Crippen LogP contribution in [0.3, 0.4) is 0 Å². The minimum absolute atomic E-state index is 0.166. The van der Waals surface area contributed by atoms with Crippen LogP contribution in [-0.4, -0.2) is 34.9 Å². The zero-order valence-corrected chi connectivity index (χ0v) is 12.9. The number of nitrogens with one attached hydrogen (secondary N) is 1. The molecule has 0 spiro atoms. The Morgan fingerprint density at radius 3 is 2.50 bits per heavy atom. The number of ether oxygens (including phenoxy) is 1. The number of carbonyl (C=O) groups excluding carboxylic acids is 3. The van der Waals surface area contributed by atoms with E-state index in [0.29, 0.717) is 5.56 Å². The smallest absolute Gasteiger partial charge is 0.271 e. The molecule has 3 fully saturated rings. The number of hydrogen-bond donors (Lipinski definition) is 1. The highest BCUT2D eigenvalue weighted by atomic mass is 32.1. The van der Waals surface area contributed by atoms with Gasteiger partial charge in [0.1, 0.15) is 0 Å². The molecule has 1 aromatic heterocycles. The first-order valence-corrected chi connectivity index (χ1v) is 8.39. The van der Waals surface area contributed by atoms with E-state index < -0.39 is 17.7 Å². The second-order valence-corrected chi connectivity index (χ2v) is 6.95. The molecule has 4 atom stereocenters. The molecule has 0 radical (unpaired) electrons. The molecule has 4 rings (SSSR count). The number of fused-ring (bicyclic) bond motifs is 5. The number of nitrogens with zero attached hydrogens (tertiary/aromatic N) is 1. The van der Waals surface area contributed by atoms with Gasteiger partial charge in [0.05, 0.1) is 29.6 Å². The lowest BCUT2D eigenvalue weighted by Crippen LogP contribution is -2.47. The van der Waals surface area contributed by atoms with Crippen LogP contribution in [0.5, 0.6) is 0 Å². The molecular weight excluding hydrogens is 304 g/mol. The van der Waals surface area contributed by atoms with Crippen LogP contribution in [0.1, 0.15) is 35.0 Å². The lowest BCUT2D eigenvalue weighted by Gasteiger charge is -2.17. The van der Waals surface area contributed by atoms with Crippen LogP contribution in [0.15, 0.2) is 11.4 Å². The first-order valence-electron chi connectivity index (χ1n) is 7.51. The quantitative estimate of drug-likeness (QED) is 0.847. The Kier molecular flexibility index (Phi) is 3.09. The Morgan fingerprint density at radius 1 is 1.32 bits per heavy atom. The molecule has 1 aromatic rings. The molecule has 4 heterocycles. The molecule has 3 aliphatic heterocycles. The zero-order chi connectivity index (χ0) is 15.4. The van der Waals surface area contributed by atoms with Gasteiger partial charge in [-0.05, 0) is 25.3 Å². The van der Waals surface area contributed by atoms with Crippen molar-refractivity contribution in [3.63, 3.8) is 0 Å². The molecule has 6 nitrogen and oxygen atoms in total. The Labute approximate surface area is 131 Å². The number of imide groups is 1. The van der Waals surface area contributed by atoms with E-state index in [0.717, 1.165) is 29.1 Å². The predicted octanol–water partition coefficient (Wildman–Crippen LogP) is 1.12. The summed E-state index contributed by atoms with van der Waals surface area (Å²) in [6.45, 7) is 2.01. The summed E-state index contributed by atoms with van der Waals surface area (Å²) in [6, 6.07) is 1.79. The van der Waals surface area contributed by atoms with E-state index >= 15 is 0 Å². The molecule has 0 saturated carbocycles. The van der Waals surface area contributed by atoms with Crippen molar-refractivity contribution in [1.82, 2.24) is 10.4 Å². The van der Waals surface area contributed by atoms with E-state index in [2.05, 4.69) is 5.43 Å². The molecule has 0 aliphatic carbocycles. The fraction of sp³-hybridized carbons (Fsp3) is 0.533. The van der Waals surface area contributed by atoms with Crippen molar-refractivity contribution in [2.75, 3.05) is 0 Å². The fourth-order valence-corrected chi connectivity index (χ4v) is 4.49. The highest BCUT2D eigenvalue weighted by Gasteiger charge is 2.62. The summed E-state index contributed by atoms with van der Waals surface area (Å²) >= 11 is 1.50. The largest absolute Gasteiger partial charge is 0.373 e. The van der Waals surface area contributed by atoms with E-state index in [4.69, 9.17) is 4.74 Å². The second kappa shape index (κ2) is 4.89. The highest BCUT2D eigenvalue weighted by molar-refractivity contribution is 7.10. The molecule has 0 unspecified atom stereocenters. The van der Waals surface area contributed by atoms with E-state index in [1.807, 2.05) is 6.92 Å². The lowest BCUT2D eigenvalue weighted by atomic mass is 9.81. The molecule has 2 bridgehead atoms. The topological polar surface area (TPSA) is 75.7 Å². The third-order valence-corrected chi connectivity index (χ3v) is 5.84. The van der Waals surface area contributed by atoms with Crippen molar-refractivity contribution < 1.29 is 19.1 Å². The average Bonchev–Trinajstić information content (AvgIpc) is 3.26. The van der Waals surface area contributed by atoms with Gasteiger partial charge in [-0.25, -0.2) is 0 Å². The lowest BCUT2D eigenvalue weighted by molar-refractivity contribution is -0.145. The third kappa shape index (κ3) is 1.85. The van der Waals surface area contributed by atoms with E-state index in [1.54, 1.807) is 11.4 Å². The van der Waals surface area contributed by atoms with E-state index in [-0.39, 0.29) is 24.0 Å². The number of aryl methyl sites for hydroxylation is 1. The van der Waals surface area contributed by atoms with Crippen molar-refractivity contribution in [2.24, 2.45) is 11.8 Å². The predicted molar refractivity (Wildman–Crippen MR) is 77.9 cm³/mol. The number of hydrogen-bond acceptors (Lipinski definition) is 5. The summed E-state index contributed by atoms with van der Waals surface area (Å²) in [5.41, 5.74) is 2.96. The molecule has 3 saturated heterocycles. The summed E-state index contributed by atoms with van der Waals surface area (Å²) in [5, 5.41) is 2.65. The molecule has 0 aromatic carbocycles. The molecule has 22 heavy (non-hydrogen) atoms. The first kappa shape index (κ1) is 13.9. The van der Waals surface area contributed by atoms with Gasteiger partial charge >= 0.3 is 0 Å². The monoisotopic (exact) mass is 320 g/mol. The Morgan fingerprint density at radius 2 is 1.95 bits per heavy atom. The maximum Gasteiger partial charge on any atom is 0.271 e. The van der Waals surface area contributed by atoms with Gasteiger partial charge in [-0.3, -0.25) is 19.8 Å². The van der Waals surface area contributed by atoms with Crippen LogP contribution in [0.25, 0.3) is 0 Å². The first-order chi connectivity index (χ1) is 10.6. The molecule has 116 valence electrons. The van der Waals surface area contributed by atoms with Gasteiger partial charge in [0.15, 0.2) is 0 Å². The van der Waals surface area contributed by atoms with Gasteiger partial charge in [-0.15, -0.1) is 11.3 Å². The minimum atomic E-state index is -0.416. The van der Waals surface area contributed by atoms with E-state index in [1.165, 1.54) is 11.3 Å². The maximum atomic E-state index is 12.4. The molecule has 3 aliphatic rings. The normalized spacial score (nSPS) is 32.7. The van der Waals surface area contributed by atoms with Crippen molar-refractivity contribution in [3.05, 3.63) is 21.9 Å². The van der Waals surface area contributed by atoms with Crippen molar-refractivity contribution in [1.29, 1.82) is 0 Å². The average molecular weight is 320 g/mol. The molecule has 3 amide bonds. The van der Waals surface area contributed by atoms with Gasteiger partial charge in [-0.1, -0.05) is 6.92 Å². The number of thiophene rings is 1. The van der Waals surface area contributed by atoms with Crippen LogP contribution in [0.4, 0.5) is 0 Å². The summed E-state index contributed by atoms with van der Waals surface area (Å²) in [6.07, 6.45) is 2.15. The van der Waals surface area contributed by atoms with Crippen LogP contribution in [0.2, 0.25) is 0 Å². The second-order valence-electron chi connectivity index (χ2n) is 5.95. The fourth-order valence-electron chi connectivity index (χ4n) is 3.67. The van der Waals surface area contributed by atoms with Crippen LogP contribution >= 0.6 is 11.3 Å². The Bertz CT molecular complexity index is 642. The Balaban J connectivity index is 1.52. The van der Waals surface area contributed by atoms with Crippen LogP contribution in [-0.2, 0) is 20.7 Å². The van der Waals surface area contributed by atoms with Crippen LogP contribution in [0, 0.1) is 11.8 Å².